The molecule has 5 heteroatoms. The van der Waals surface area contributed by atoms with Gasteiger partial charge in [0.25, 0.3) is 0 Å². The fraction of sp³-hybridized carbons (Fsp3) is 0.500. The number of halogens is 1. The summed E-state index contributed by atoms with van der Waals surface area (Å²) >= 11 is 3.48. The first kappa shape index (κ1) is 14.5. The van der Waals surface area contributed by atoms with Crippen LogP contribution in [0, 0.1) is 0 Å². The molecule has 0 radical (unpaired) electrons. The summed E-state index contributed by atoms with van der Waals surface area (Å²) in [5.41, 5.74) is 8.35. The predicted octanol–water partition coefficient (Wildman–Crippen LogP) is 3.42. The Bertz CT molecular complexity index is 565. The van der Waals surface area contributed by atoms with Gasteiger partial charge in [0, 0.05) is 24.2 Å². The van der Waals surface area contributed by atoms with Crippen molar-refractivity contribution in [3.8, 4) is 0 Å². The molecule has 1 unspecified atom stereocenters. The van der Waals surface area contributed by atoms with Crippen LogP contribution in [0.2, 0.25) is 0 Å². The van der Waals surface area contributed by atoms with E-state index >= 15 is 0 Å². The summed E-state index contributed by atoms with van der Waals surface area (Å²) in [4.78, 5) is 4.70. The van der Waals surface area contributed by atoms with Gasteiger partial charge >= 0.3 is 0 Å². The van der Waals surface area contributed by atoms with Gasteiger partial charge in [0.05, 0.1) is 17.1 Å². The van der Waals surface area contributed by atoms with Crippen molar-refractivity contribution < 1.29 is 4.74 Å². The molecule has 0 aliphatic heterocycles. The fourth-order valence-corrected chi connectivity index (χ4v) is 2.62. The summed E-state index contributed by atoms with van der Waals surface area (Å²) in [5.74, 6) is 0.931. The van der Waals surface area contributed by atoms with E-state index in [1.807, 2.05) is 12.1 Å². The lowest BCUT2D eigenvalue weighted by Gasteiger charge is -2.17. The Hall–Kier alpha value is -0.910. The minimum atomic E-state index is -0.103. The molecule has 1 heterocycles. The summed E-state index contributed by atoms with van der Waals surface area (Å²) in [5, 5.41) is 0. The molecule has 1 aromatic heterocycles. The first-order valence-corrected chi connectivity index (χ1v) is 7.25. The molecule has 2 aromatic rings. The molecule has 2 N–H and O–H groups in total. The zero-order valence-corrected chi connectivity index (χ0v) is 13.1. The van der Waals surface area contributed by atoms with E-state index in [0.717, 1.165) is 27.8 Å². The van der Waals surface area contributed by atoms with E-state index in [2.05, 4.69) is 40.4 Å². The second kappa shape index (κ2) is 6.03. The van der Waals surface area contributed by atoms with E-state index in [1.165, 1.54) is 0 Å². The van der Waals surface area contributed by atoms with Crippen LogP contribution in [-0.2, 0) is 4.74 Å². The van der Waals surface area contributed by atoms with Crippen molar-refractivity contribution >= 4 is 27.0 Å². The molecule has 0 bridgehead atoms. The topological polar surface area (TPSA) is 53.1 Å². The number of nitrogens with two attached hydrogens (primary N) is 1. The van der Waals surface area contributed by atoms with Crippen molar-refractivity contribution in [2.24, 2.45) is 5.73 Å². The van der Waals surface area contributed by atoms with Crippen molar-refractivity contribution in [3.05, 3.63) is 28.5 Å². The van der Waals surface area contributed by atoms with Crippen molar-refractivity contribution in [2.75, 3.05) is 13.7 Å². The maximum atomic E-state index is 6.25. The molecule has 1 aromatic carbocycles. The van der Waals surface area contributed by atoms with Gasteiger partial charge in [-0.25, -0.2) is 4.98 Å². The van der Waals surface area contributed by atoms with E-state index in [0.29, 0.717) is 12.6 Å². The quantitative estimate of drug-likeness (QED) is 0.916. The van der Waals surface area contributed by atoms with E-state index < -0.39 is 0 Å². The van der Waals surface area contributed by atoms with Gasteiger partial charge in [0.15, 0.2) is 0 Å². The van der Waals surface area contributed by atoms with Gasteiger partial charge in [-0.15, -0.1) is 0 Å². The third kappa shape index (κ3) is 2.99. The fourth-order valence-electron chi connectivity index (χ4n) is 2.27. The van der Waals surface area contributed by atoms with E-state index in [1.54, 1.807) is 7.11 Å². The molecule has 2 rings (SSSR count). The smallest absolute Gasteiger partial charge is 0.127 e. The number of rotatable bonds is 5. The summed E-state index contributed by atoms with van der Waals surface area (Å²) in [6.45, 7) is 4.94. The Morgan fingerprint density at radius 1 is 1.42 bits per heavy atom. The van der Waals surface area contributed by atoms with Crippen LogP contribution < -0.4 is 5.73 Å². The number of hydrogen-bond acceptors (Lipinski definition) is 3. The molecule has 0 saturated heterocycles. The van der Waals surface area contributed by atoms with Crippen LogP contribution in [0.5, 0.6) is 0 Å². The normalized spacial score (nSPS) is 13.4. The zero-order chi connectivity index (χ0) is 14.0. The molecule has 0 saturated carbocycles. The third-order valence-electron chi connectivity index (χ3n) is 3.16. The molecule has 0 aliphatic carbocycles. The number of fused-ring (bicyclic) bond motifs is 1. The highest BCUT2D eigenvalue weighted by molar-refractivity contribution is 9.10. The van der Waals surface area contributed by atoms with Crippen molar-refractivity contribution in [3.63, 3.8) is 0 Å². The van der Waals surface area contributed by atoms with E-state index in [9.17, 15) is 0 Å². The molecule has 0 amide bonds. The maximum absolute atomic E-state index is 6.25. The van der Waals surface area contributed by atoms with Gasteiger partial charge in [0.2, 0.25) is 0 Å². The van der Waals surface area contributed by atoms with Gasteiger partial charge in [-0.05, 0) is 38.5 Å². The highest BCUT2D eigenvalue weighted by Crippen LogP contribution is 2.27. The number of ether oxygens (including phenoxy) is 1. The monoisotopic (exact) mass is 325 g/mol. The van der Waals surface area contributed by atoms with Crippen LogP contribution in [0.3, 0.4) is 0 Å². The standard InChI is InChI=1S/C14H20BrN3O/c1-9(2)18-13-5-4-10(15)8-12(13)17-14(18)11(16)6-7-19-3/h4-5,8-9,11H,6-7,16H2,1-3H3. The predicted molar refractivity (Wildman–Crippen MR) is 81.2 cm³/mol. The zero-order valence-electron chi connectivity index (χ0n) is 11.6. The van der Waals surface area contributed by atoms with Gasteiger partial charge < -0.3 is 15.0 Å². The second-order valence-corrected chi connectivity index (χ2v) is 5.87. The number of methoxy groups -OCH3 is 1. The largest absolute Gasteiger partial charge is 0.385 e. The van der Waals surface area contributed by atoms with Gasteiger partial charge in [-0.3, -0.25) is 0 Å². The van der Waals surface area contributed by atoms with Gasteiger partial charge in [-0.1, -0.05) is 15.9 Å². The SMILES string of the molecule is COCCC(N)c1nc2cc(Br)ccc2n1C(C)C. The molecule has 0 spiro atoms. The highest BCUT2D eigenvalue weighted by atomic mass is 79.9. The highest BCUT2D eigenvalue weighted by Gasteiger charge is 2.18. The van der Waals surface area contributed by atoms with Crippen LogP contribution in [-0.4, -0.2) is 23.3 Å². The van der Waals surface area contributed by atoms with Crippen LogP contribution >= 0.6 is 15.9 Å². The van der Waals surface area contributed by atoms with Gasteiger partial charge in [-0.2, -0.15) is 0 Å². The molecule has 104 valence electrons. The van der Waals surface area contributed by atoms with Crippen molar-refractivity contribution in [1.82, 2.24) is 9.55 Å². The molecular weight excluding hydrogens is 306 g/mol. The second-order valence-electron chi connectivity index (χ2n) is 4.95. The minimum absolute atomic E-state index is 0.103. The molecule has 0 fully saturated rings. The Balaban J connectivity index is 2.49. The van der Waals surface area contributed by atoms with Crippen molar-refractivity contribution in [2.45, 2.75) is 32.4 Å². The summed E-state index contributed by atoms with van der Waals surface area (Å²) in [6.07, 6.45) is 0.772. The number of nitrogens with zero attached hydrogens (tertiary/aromatic N) is 2. The minimum Gasteiger partial charge on any atom is -0.385 e. The summed E-state index contributed by atoms with van der Waals surface area (Å²) in [6, 6.07) is 6.37. The number of aromatic nitrogens is 2. The first-order valence-electron chi connectivity index (χ1n) is 6.46. The molecule has 1 atom stereocenters. The van der Waals surface area contributed by atoms with Crippen LogP contribution in [0.1, 0.15) is 38.2 Å². The van der Waals surface area contributed by atoms with Crippen LogP contribution in [0.25, 0.3) is 11.0 Å². The molecule has 0 aliphatic rings. The lowest BCUT2D eigenvalue weighted by atomic mass is 10.2. The van der Waals surface area contributed by atoms with Crippen molar-refractivity contribution in [1.29, 1.82) is 0 Å². The lowest BCUT2D eigenvalue weighted by Crippen LogP contribution is -2.19. The first-order chi connectivity index (χ1) is 9.04. The number of hydrogen-bond donors (Lipinski definition) is 1. The Labute approximate surface area is 122 Å². The Morgan fingerprint density at radius 2 is 2.16 bits per heavy atom. The summed E-state index contributed by atoms with van der Waals surface area (Å²) < 4.78 is 8.35. The van der Waals surface area contributed by atoms with Crippen LogP contribution in [0.4, 0.5) is 0 Å². The number of benzene rings is 1. The molecule has 4 nitrogen and oxygen atoms in total. The third-order valence-corrected chi connectivity index (χ3v) is 3.65. The van der Waals surface area contributed by atoms with Gasteiger partial charge in [0.1, 0.15) is 5.82 Å². The lowest BCUT2D eigenvalue weighted by molar-refractivity contribution is 0.186. The average Bonchev–Trinajstić information content (AvgIpc) is 2.74. The Morgan fingerprint density at radius 3 is 2.79 bits per heavy atom. The Kier molecular flexibility index (Phi) is 4.60. The van der Waals surface area contributed by atoms with E-state index in [-0.39, 0.29) is 6.04 Å². The van der Waals surface area contributed by atoms with Crippen LogP contribution in [0.15, 0.2) is 22.7 Å². The summed E-state index contributed by atoms with van der Waals surface area (Å²) in [7, 11) is 1.69. The average molecular weight is 326 g/mol. The maximum Gasteiger partial charge on any atom is 0.127 e. The molecule has 19 heavy (non-hydrogen) atoms. The molecular formula is C14H20BrN3O. The van der Waals surface area contributed by atoms with E-state index in [4.69, 9.17) is 15.5 Å². The number of imidazole rings is 1.